The van der Waals surface area contributed by atoms with Gasteiger partial charge >= 0.3 is 0 Å². The predicted octanol–water partition coefficient (Wildman–Crippen LogP) is 3.19. The van der Waals surface area contributed by atoms with E-state index in [0.717, 1.165) is 28.1 Å². The second-order valence-electron chi connectivity index (χ2n) is 5.41. The molecule has 5 nitrogen and oxygen atoms in total. The smallest absolute Gasteiger partial charge is 0.164 e. The van der Waals surface area contributed by atoms with E-state index in [1.165, 1.54) is 0 Å². The van der Waals surface area contributed by atoms with Gasteiger partial charge in [0.1, 0.15) is 11.8 Å². The molecule has 0 saturated heterocycles. The number of benzene rings is 1. The summed E-state index contributed by atoms with van der Waals surface area (Å²) in [6, 6.07) is 10.1. The van der Waals surface area contributed by atoms with E-state index >= 15 is 0 Å². The van der Waals surface area contributed by atoms with Crippen molar-refractivity contribution in [2.45, 2.75) is 19.8 Å². The number of para-hydroxylation sites is 2. The molecule has 0 fully saturated rings. The molecular weight excluding hydrogens is 262 g/mol. The molecule has 0 saturated carbocycles. The summed E-state index contributed by atoms with van der Waals surface area (Å²) in [6.07, 6.45) is 5.47. The number of aromatic nitrogens is 5. The predicted molar refractivity (Wildman–Crippen MR) is 81.7 cm³/mol. The first-order chi connectivity index (χ1) is 10.2. The Kier molecular flexibility index (Phi) is 2.54. The third-order valence-corrected chi connectivity index (χ3v) is 3.66. The van der Waals surface area contributed by atoms with Crippen molar-refractivity contribution in [1.82, 2.24) is 24.1 Å². The minimum Gasteiger partial charge on any atom is -0.281 e. The summed E-state index contributed by atoms with van der Waals surface area (Å²) in [6.45, 7) is 4.28. The highest BCUT2D eigenvalue weighted by Gasteiger charge is 2.12. The molecule has 3 heterocycles. The Hall–Kier alpha value is -2.69. The van der Waals surface area contributed by atoms with Crippen LogP contribution in [-0.2, 0) is 0 Å². The van der Waals surface area contributed by atoms with E-state index in [2.05, 4.69) is 35.0 Å². The van der Waals surface area contributed by atoms with Crippen LogP contribution in [0.5, 0.6) is 0 Å². The van der Waals surface area contributed by atoms with Crippen LogP contribution in [0.15, 0.2) is 49.1 Å². The third kappa shape index (κ3) is 1.81. The Bertz CT molecular complexity index is 932. The molecule has 21 heavy (non-hydrogen) atoms. The molecule has 0 aliphatic carbocycles. The van der Waals surface area contributed by atoms with Crippen LogP contribution in [0.1, 0.15) is 25.5 Å². The van der Waals surface area contributed by atoms with Crippen LogP contribution < -0.4 is 0 Å². The maximum Gasteiger partial charge on any atom is 0.164 e. The molecule has 1 aromatic carbocycles. The minimum absolute atomic E-state index is 0.386. The van der Waals surface area contributed by atoms with Crippen molar-refractivity contribution in [2.75, 3.05) is 0 Å². The molecule has 3 aromatic heterocycles. The lowest BCUT2D eigenvalue weighted by Crippen LogP contribution is -1.99. The normalized spacial score (nSPS) is 11.8. The van der Waals surface area contributed by atoms with Crippen molar-refractivity contribution in [1.29, 1.82) is 0 Å². The van der Waals surface area contributed by atoms with Gasteiger partial charge in [0.2, 0.25) is 0 Å². The van der Waals surface area contributed by atoms with Gasteiger partial charge in [0, 0.05) is 12.4 Å². The van der Waals surface area contributed by atoms with Gasteiger partial charge in [-0.1, -0.05) is 26.0 Å². The average Bonchev–Trinajstić information content (AvgIpc) is 3.11. The SMILES string of the molecule is CC(C)c1cc2c(-n3cnc4ccccc43)nccn2n1. The molecule has 0 N–H and O–H groups in total. The van der Waals surface area contributed by atoms with Crippen molar-refractivity contribution in [3.8, 4) is 5.82 Å². The number of rotatable bonds is 2. The van der Waals surface area contributed by atoms with Crippen LogP contribution in [0.25, 0.3) is 22.4 Å². The van der Waals surface area contributed by atoms with E-state index in [9.17, 15) is 0 Å². The average molecular weight is 277 g/mol. The number of imidazole rings is 1. The highest BCUT2D eigenvalue weighted by Crippen LogP contribution is 2.22. The summed E-state index contributed by atoms with van der Waals surface area (Å²) in [5.74, 6) is 1.24. The number of nitrogens with zero attached hydrogens (tertiary/aromatic N) is 5. The molecule has 5 heteroatoms. The van der Waals surface area contributed by atoms with Gasteiger partial charge in [-0.3, -0.25) is 4.57 Å². The fourth-order valence-corrected chi connectivity index (χ4v) is 2.52. The van der Waals surface area contributed by atoms with Crippen molar-refractivity contribution in [3.05, 3.63) is 54.7 Å². The van der Waals surface area contributed by atoms with Crippen molar-refractivity contribution < 1.29 is 0 Å². The second-order valence-corrected chi connectivity index (χ2v) is 5.41. The molecule has 104 valence electrons. The van der Waals surface area contributed by atoms with Gasteiger partial charge in [-0.25, -0.2) is 14.5 Å². The van der Waals surface area contributed by atoms with Crippen LogP contribution in [0.3, 0.4) is 0 Å². The molecular formula is C16H15N5. The monoisotopic (exact) mass is 277 g/mol. The Labute approximate surface area is 121 Å². The van der Waals surface area contributed by atoms with Crippen molar-refractivity contribution >= 4 is 16.6 Å². The molecule has 0 unspecified atom stereocenters. The maximum absolute atomic E-state index is 4.61. The number of hydrogen-bond acceptors (Lipinski definition) is 3. The quantitative estimate of drug-likeness (QED) is 0.565. The molecule has 0 radical (unpaired) electrons. The minimum atomic E-state index is 0.386. The van der Waals surface area contributed by atoms with E-state index in [1.54, 1.807) is 6.20 Å². The first-order valence-electron chi connectivity index (χ1n) is 7.01. The first-order valence-corrected chi connectivity index (χ1v) is 7.01. The molecule has 4 aromatic rings. The molecule has 0 atom stereocenters. The van der Waals surface area contributed by atoms with E-state index in [1.807, 2.05) is 45.9 Å². The van der Waals surface area contributed by atoms with Crippen molar-refractivity contribution in [2.24, 2.45) is 0 Å². The highest BCUT2D eigenvalue weighted by molar-refractivity contribution is 5.79. The Balaban J connectivity index is 2.01. The Morgan fingerprint density at radius 3 is 2.76 bits per heavy atom. The third-order valence-electron chi connectivity index (χ3n) is 3.66. The molecule has 0 aliphatic heterocycles. The van der Waals surface area contributed by atoms with Crippen LogP contribution in [-0.4, -0.2) is 24.1 Å². The van der Waals surface area contributed by atoms with Crippen molar-refractivity contribution in [3.63, 3.8) is 0 Å². The lowest BCUT2D eigenvalue weighted by Gasteiger charge is -2.04. The maximum atomic E-state index is 4.61. The summed E-state index contributed by atoms with van der Waals surface area (Å²) in [4.78, 5) is 8.97. The van der Waals surface area contributed by atoms with Crippen LogP contribution in [0.4, 0.5) is 0 Å². The van der Waals surface area contributed by atoms with Crippen LogP contribution in [0.2, 0.25) is 0 Å². The van der Waals surface area contributed by atoms with Gasteiger partial charge in [-0.05, 0) is 24.1 Å². The fourth-order valence-electron chi connectivity index (χ4n) is 2.52. The van der Waals surface area contributed by atoms with E-state index in [0.29, 0.717) is 5.92 Å². The van der Waals surface area contributed by atoms with E-state index < -0.39 is 0 Å². The zero-order valence-electron chi connectivity index (χ0n) is 11.9. The van der Waals surface area contributed by atoms with Crippen LogP contribution >= 0.6 is 0 Å². The summed E-state index contributed by atoms with van der Waals surface area (Å²) >= 11 is 0. The Morgan fingerprint density at radius 2 is 1.90 bits per heavy atom. The molecule has 0 bridgehead atoms. The van der Waals surface area contributed by atoms with E-state index in [4.69, 9.17) is 0 Å². The van der Waals surface area contributed by atoms with Gasteiger partial charge in [0.05, 0.1) is 16.7 Å². The summed E-state index contributed by atoms with van der Waals surface area (Å²) in [7, 11) is 0. The van der Waals surface area contributed by atoms with E-state index in [-0.39, 0.29) is 0 Å². The standard InChI is InChI=1S/C16H15N5/c1-11(2)13-9-15-16(17-7-8-21(15)19-13)20-10-18-12-5-3-4-6-14(12)20/h3-11H,1-2H3. The number of fused-ring (bicyclic) bond motifs is 2. The largest absolute Gasteiger partial charge is 0.281 e. The summed E-state index contributed by atoms with van der Waals surface area (Å²) < 4.78 is 3.89. The zero-order valence-corrected chi connectivity index (χ0v) is 11.9. The first kappa shape index (κ1) is 12.1. The summed E-state index contributed by atoms with van der Waals surface area (Å²) in [5, 5.41) is 4.61. The Morgan fingerprint density at radius 1 is 1.05 bits per heavy atom. The fraction of sp³-hybridized carbons (Fsp3) is 0.188. The zero-order chi connectivity index (χ0) is 14.4. The molecule has 0 spiro atoms. The van der Waals surface area contributed by atoms with Gasteiger partial charge in [-0.2, -0.15) is 5.10 Å². The summed E-state index contributed by atoms with van der Waals surface area (Å²) in [5.41, 5.74) is 4.06. The topological polar surface area (TPSA) is 48.0 Å². The lowest BCUT2D eigenvalue weighted by molar-refractivity contribution is 0.785. The van der Waals surface area contributed by atoms with Gasteiger partial charge < -0.3 is 0 Å². The second kappa shape index (κ2) is 4.41. The molecule has 0 amide bonds. The van der Waals surface area contributed by atoms with Gasteiger partial charge in [-0.15, -0.1) is 0 Å². The van der Waals surface area contributed by atoms with Gasteiger partial charge in [0.25, 0.3) is 0 Å². The lowest BCUT2D eigenvalue weighted by atomic mass is 10.1. The molecule has 4 rings (SSSR count). The highest BCUT2D eigenvalue weighted by atomic mass is 15.3. The number of hydrogen-bond donors (Lipinski definition) is 0. The molecule has 0 aliphatic rings. The van der Waals surface area contributed by atoms with Gasteiger partial charge in [0.15, 0.2) is 5.82 Å². The van der Waals surface area contributed by atoms with Crippen LogP contribution in [0, 0.1) is 0 Å².